The van der Waals surface area contributed by atoms with E-state index in [1.165, 1.54) is 51.4 Å². The Morgan fingerprint density at radius 1 is 1.03 bits per heavy atom. The number of carboxylic acids is 1. The molecule has 0 aromatic carbocycles. The SMILES string of the molecule is CCCCCCCCCCCCn1ccnc1C(Cc1nn[nH]n1)C(=O)CCC(=O)O. The number of nitrogens with one attached hydrogen (secondary N) is 1. The molecule has 0 saturated heterocycles. The van der Waals surface area contributed by atoms with Gasteiger partial charge >= 0.3 is 5.97 Å². The molecule has 0 fully saturated rings. The second kappa shape index (κ2) is 14.4. The molecule has 2 N–H and O–H groups in total. The zero-order chi connectivity index (χ0) is 22.3. The van der Waals surface area contributed by atoms with Gasteiger partial charge in [-0.2, -0.15) is 5.21 Å². The lowest BCUT2D eigenvalue weighted by molar-refractivity contribution is -0.138. The first-order valence-corrected chi connectivity index (χ1v) is 11.6. The van der Waals surface area contributed by atoms with E-state index < -0.39 is 11.9 Å². The van der Waals surface area contributed by atoms with Crippen molar-refractivity contribution in [1.29, 1.82) is 0 Å². The van der Waals surface area contributed by atoms with Crippen molar-refractivity contribution < 1.29 is 14.7 Å². The molecule has 2 heterocycles. The minimum Gasteiger partial charge on any atom is -0.481 e. The molecule has 2 aromatic heterocycles. The number of hydrogen-bond donors (Lipinski definition) is 2. The smallest absolute Gasteiger partial charge is 0.303 e. The van der Waals surface area contributed by atoms with Gasteiger partial charge in [0.15, 0.2) is 5.82 Å². The third kappa shape index (κ3) is 9.40. The van der Waals surface area contributed by atoms with E-state index in [0.717, 1.165) is 19.4 Å². The van der Waals surface area contributed by atoms with Gasteiger partial charge in [0.25, 0.3) is 0 Å². The number of aryl methyl sites for hydroxylation is 1. The molecule has 0 aliphatic rings. The number of Topliss-reactive ketones (excluding diaryl/α,β-unsaturated/α-hetero) is 1. The predicted molar refractivity (Wildman–Crippen MR) is 117 cm³/mol. The van der Waals surface area contributed by atoms with Crippen LogP contribution in [0.1, 0.15) is 102 Å². The van der Waals surface area contributed by atoms with Crippen LogP contribution in [-0.2, 0) is 22.6 Å². The fourth-order valence-corrected chi connectivity index (χ4v) is 3.79. The van der Waals surface area contributed by atoms with E-state index in [-0.39, 0.29) is 25.0 Å². The highest BCUT2D eigenvalue weighted by atomic mass is 16.4. The summed E-state index contributed by atoms with van der Waals surface area (Å²) in [5.41, 5.74) is 0. The number of H-pyrrole nitrogens is 1. The molecule has 2 rings (SSSR count). The van der Waals surface area contributed by atoms with E-state index in [1.54, 1.807) is 6.20 Å². The first-order valence-electron chi connectivity index (χ1n) is 11.6. The Morgan fingerprint density at radius 3 is 2.32 bits per heavy atom. The van der Waals surface area contributed by atoms with Crippen LogP contribution in [0.2, 0.25) is 0 Å². The molecule has 31 heavy (non-hydrogen) atoms. The van der Waals surface area contributed by atoms with Gasteiger partial charge in [0.2, 0.25) is 0 Å². The van der Waals surface area contributed by atoms with Gasteiger partial charge in [-0.25, -0.2) is 4.98 Å². The van der Waals surface area contributed by atoms with Crippen molar-refractivity contribution in [3.05, 3.63) is 24.0 Å². The summed E-state index contributed by atoms with van der Waals surface area (Å²) >= 11 is 0. The quantitative estimate of drug-likeness (QED) is 0.340. The number of hydrogen-bond acceptors (Lipinski definition) is 6. The summed E-state index contributed by atoms with van der Waals surface area (Å²) in [6, 6.07) is 0. The maximum Gasteiger partial charge on any atom is 0.303 e. The number of carbonyl (C=O) groups excluding carboxylic acids is 1. The maximum atomic E-state index is 12.8. The van der Waals surface area contributed by atoms with E-state index >= 15 is 0 Å². The van der Waals surface area contributed by atoms with Crippen LogP contribution in [-0.4, -0.2) is 47.0 Å². The Morgan fingerprint density at radius 2 is 1.71 bits per heavy atom. The zero-order valence-corrected chi connectivity index (χ0v) is 18.6. The summed E-state index contributed by atoms with van der Waals surface area (Å²) in [5.74, 6) is -0.656. The third-order valence-electron chi connectivity index (χ3n) is 5.56. The fourth-order valence-electron chi connectivity index (χ4n) is 3.79. The first kappa shape index (κ1) is 24.7. The van der Waals surface area contributed by atoms with Crippen LogP contribution in [0.3, 0.4) is 0 Å². The van der Waals surface area contributed by atoms with Crippen molar-refractivity contribution in [1.82, 2.24) is 30.2 Å². The molecular formula is C22H36N6O3. The minimum absolute atomic E-state index is 0.0387. The van der Waals surface area contributed by atoms with Crippen molar-refractivity contribution in [2.75, 3.05) is 0 Å². The Hall–Kier alpha value is -2.58. The van der Waals surface area contributed by atoms with Crippen molar-refractivity contribution in [3.8, 4) is 0 Å². The minimum atomic E-state index is -0.986. The van der Waals surface area contributed by atoms with Gasteiger partial charge in [-0.1, -0.05) is 69.9 Å². The monoisotopic (exact) mass is 432 g/mol. The number of ketones is 1. The summed E-state index contributed by atoms with van der Waals surface area (Å²) < 4.78 is 2.01. The molecule has 0 radical (unpaired) electrons. The Labute approximate surface area is 184 Å². The second-order valence-corrected chi connectivity index (χ2v) is 8.11. The molecule has 0 spiro atoms. The van der Waals surface area contributed by atoms with Gasteiger partial charge in [0, 0.05) is 31.8 Å². The normalized spacial score (nSPS) is 12.2. The van der Waals surface area contributed by atoms with Gasteiger partial charge in [-0.15, -0.1) is 10.2 Å². The number of aliphatic carboxylic acids is 1. The standard InChI is InChI=1S/C22H36N6O3/c1-2-3-4-5-6-7-8-9-10-11-15-28-16-14-23-22(28)18(17-20-24-26-27-25-20)19(29)12-13-21(30)31/h14,16,18H,2-13,15,17H2,1H3,(H,30,31)(H,24,25,26,27). The number of aromatic amines is 1. The van der Waals surface area contributed by atoms with Crippen molar-refractivity contribution in [2.45, 2.75) is 103 Å². The molecule has 9 nitrogen and oxygen atoms in total. The number of unbranched alkanes of at least 4 members (excludes halogenated alkanes) is 9. The largest absolute Gasteiger partial charge is 0.481 e. The van der Waals surface area contributed by atoms with Gasteiger partial charge in [0.05, 0.1) is 12.3 Å². The number of carboxylic acid groups (broad SMARTS) is 1. The van der Waals surface area contributed by atoms with Crippen LogP contribution in [0.5, 0.6) is 0 Å². The Kier molecular flexibility index (Phi) is 11.5. The van der Waals surface area contributed by atoms with E-state index in [4.69, 9.17) is 5.11 Å². The number of carbonyl (C=O) groups is 2. The molecule has 0 amide bonds. The van der Waals surface area contributed by atoms with Crippen LogP contribution in [0.25, 0.3) is 0 Å². The second-order valence-electron chi connectivity index (χ2n) is 8.11. The average Bonchev–Trinajstić information content (AvgIpc) is 3.43. The lowest BCUT2D eigenvalue weighted by Gasteiger charge is -2.16. The maximum absolute atomic E-state index is 12.8. The summed E-state index contributed by atoms with van der Waals surface area (Å²) in [7, 11) is 0. The Balaban J connectivity index is 1.82. The number of aromatic nitrogens is 6. The third-order valence-corrected chi connectivity index (χ3v) is 5.56. The molecule has 172 valence electrons. The lowest BCUT2D eigenvalue weighted by atomic mass is 9.95. The molecule has 0 saturated carbocycles. The van der Waals surface area contributed by atoms with E-state index in [2.05, 4.69) is 32.5 Å². The summed E-state index contributed by atoms with van der Waals surface area (Å²) in [6.45, 7) is 3.03. The average molecular weight is 433 g/mol. The van der Waals surface area contributed by atoms with Crippen LogP contribution < -0.4 is 0 Å². The number of rotatable bonds is 18. The summed E-state index contributed by atoms with van der Waals surface area (Å²) in [4.78, 5) is 28.1. The Bertz CT molecular complexity index is 759. The number of nitrogens with zero attached hydrogens (tertiary/aromatic N) is 5. The molecular weight excluding hydrogens is 396 g/mol. The summed E-state index contributed by atoms with van der Waals surface area (Å²) in [5, 5.41) is 22.8. The van der Waals surface area contributed by atoms with Crippen molar-refractivity contribution in [3.63, 3.8) is 0 Å². The first-order chi connectivity index (χ1) is 15.1. The highest BCUT2D eigenvalue weighted by molar-refractivity contribution is 5.87. The molecule has 0 bridgehead atoms. The topological polar surface area (TPSA) is 127 Å². The van der Waals surface area contributed by atoms with Crippen LogP contribution in [0.15, 0.2) is 12.4 Å². The number of imidazole rings is 1. The fraction of sp³-hybridized carbons (Fsp3) is 0.727. The highest BCUT2D eigenvalue weighted by Crippen LogP contribution is 2.22. The molecule has 2 aromatic rings. The van der Waals surface area contributed by atoms with Crippen LogP contribution >= 0.6 is 0 Å². The van der Waals surface area contributed by atoms with Gasteiger partial charge in [-0.05, 0) is 6.42 Å². The van der Waals surface area contributed by atoms with Crippen LogP contribution in [0, 0.1) is 0 Å². The molecule has 1 unspecified atom stereocenters. The lowest BCUT2D eigenvalue weighted by Crippen LogP contribution is -2.21. The van der Waals surface area contributed by atoms with E-state index in [1.807, 2.05) is 10.8 Å². The molecule has 1 atom stereocenters. The van der Waals surface area contributed by atoms with E-state index in [0.29, 0.717) is 11.6 Å². The van der Waals surface area contributed by atoms with E-state index in [9.17, 15) is 9.59 Å². The van der Waals surface area contributed by atoms with Crippen molar-refractivity contribution >= 4 is 11.8 Å². The molecule has 0 aliphatic carbocycles. The molecule has 0 aliphatic heterocycles. The van der Waals surface area contributed by atoms with Gasteiger partial charge < -0.3 is 9.67 Å². The predicted octanol–water partition coefficient (Wildman–Crippen LogP) is 4.08. The zero-order valence-electron chi connectivity index (χ0n) is 18.6. The van der Waals surface area contributed by atoms with Gasteiger partial charge in [-0.3, -0.25) is 9.59 Å². The molecule has 9 heteroatoms. The number of tetrazole rings is 1. The van der Waals surface area contributed by atoms with Crippen molar-refractivity contribution in [2.24, 2.45) is 0 Å². The van der Waals surface area contributed by atoms with Gasteiger partial charge in [0.1, 0.15) is 11.6 Å². The summed E-state index contributed by atoms with van der Waals surface area (Å²) in [6.07, 6.45) is 16.3. The highest BCUT2D eigenvalue weighted by Gasteiger charge is 2.27. The van der Waals surface area contributed by atoms with Crippen LogP contribution in [0.4, 0.5) is 0 Å².